The maximum Gasteiger partial charge on any atom is 0.326 e. The molecule has 1 aliphatic rings. The number of amides is 2. The molecule has 1 N–H and O–H groups in total. The zero-order valence-corrected chi connectivity index (χ0v) is 13.9. The Hall–Kier alpha value is -2.08. The van der Waals surface area contributed by atoms with Gasteiger partial charge in [-0.3, -0.25) is 4.90 Å². The average Bonchev–Trinajstić information content (AvgIpc) is 2.56. The van der Waals surface area contributed by atoms with Crippen LogP contribution in [0.3, 0.4) is 0 Å². The van der Waals surface area contributed by atoms with Crippen LogP contribution in [0.25, 0.3) is 0 Å². The third kappa shape index (κ3) is 2.78. The fourth-order valence-electron chi connectivity index (χ4n) is 2.55. The molecular formula is C16H17BrN4O. The molecule has 2 heterocycles. The minimum Gasteiger partial charge on any atom is -0.353 e. The molecule has 0 radical (unpaired) electrons. The number of nitrogens with one attached hydrogen (secondary N) is 1. The lowest BCUT2D eigenvalue weighted by Gasteiger charge is -2.36. The number of halogens is 1. The zero-order chi connectivity index (χ0) is 15.5. The lowest BCUT2D eigenvalue weighted by Crippen LogP contribution is -2.46. The summed E-state index contributed by atoms with van der Waals surface area (Å²) in [5.41, 5.74) is 1.61. The minimum atomic E-state index is -0.142. The fraction of sp³-hybridized carbons (Fsp3) is 0.250. The van der Waals surface area contributed by atoms with Gasteiger partial charge in [-0.1, -0.05) is 12.1 Å². The molecule has 0 aliphatic carbocycles. The number of carbonyl (C=O) groups excluding carboxylic acids is 1. The molecule has 0 unspecified atom stereocenters. The number of aromatic nitrogens is 1. The van der Waals surface area contributed by atoms with Gasteiger partial charge >= 0.3 is 6.03 Å². The summed E-state index contributed by atoms with van der Waals surface area (Å²) in [6.45, 7) is 4.39. The summed E-state index contributed by atoms with van der Waals surface area (Å²) in [5.74, 6) is 0.860. The Bertz CT molecular complexity index is 691. The molecule has 22 heavy (non-hydrogen) atoms. The van der Waals surface area contributed by atoms with Crippen molar-refractivity contribution < 1.29 is 4.79 Å². The van der Waals surface area contributed by atoms with Gasteiger partial charge in [0.1, 0.15) is 0 Å². The number of hydrogen-bond acceptors (Lipinski definition) is 3. The standard InChI is InChI=1S/C16H17BrN4O/c1-2-20-10-11-21(14-8-5-9-18-15(14)20)16(22)19-13-7-4-3-6-12(13)17/h3-9H,2,10-11H2,1H3,(H,19,22). The molecular weight excluding hydrogens is 344 g/mol. The van der Waals surface area contributed by atoms with E-state index in [4.69, 9.17) is 0 Å². The summed E-state index contributed by atoms with van der Waals surface area (Å²) in [7, 11) is 0. The highest BCUT2D eigenvalue weighted by atomic mass is 79.9. The first-order chi connectivity index (χ1) is 10.7. The number of fused-ring (bicyclic) bond motifs is 1. The largest absolute Gasteiger partial charge is 0.353 e. The lowest BCUT2D eigenvalue weighted by atomic mass is 10.2. The molecule has 0 saturated heterocycles. The van der Waals surface area contributed by atoms with E-state index in [2.05, 4.69) is 38.1 Å². The number of hydrogen-bond donors (Lipinski definition) is 1. The predicted molar refractivity (Wildman–Crippen MR) is 92.6 cm³/mol. The van der Waals surface area contributed by atoms with Crippen molar-refractivity contribution in [2.45, 2.75) is 6.92 Å². The molecule has 2 aromatic rings. The van der Waals surface area contributed by atoms with Crippen LogP contribution in [0.4, 0.5) is 22.0 Å². The van der Waals surface area contributed by atoms with Gasteiger partial charge in [-0.2, -0.15) is 0 Å². The number of pyridine rings is 1. The molecule has 114 valence electrons. The van der Waals surface area contributed by atoms with Crippen molar-refractivity contribution in [3.05, 3.63) is 47.1 Å². The molecule has 0 fully saturated rings. The molecule has 5 nitrogen and oxygen atoms in total. The van der Waals surface area contributed by atoms with E-state index in [1.165, 1.54) is 0 Å². The minimum absolute atomic E-state index is 0.142. The first-order valence-corrected chi connectivity index (χ1v) is 8.03. The van der Waals surface area contributed by atoms with Gasteiger partial charge < -0.3 is 10.2 Å². The highest BCUT2D eigenvalue weighted by Gasteiger charge is 2.27. The van der Waals surface area contributed by atoms with Gasteiger partial charge in [-0.05, 0) is 47.1 Å². The van der Waals surface area contributed by atoms with Gasteiger partial charge in [0, 0.05) is 30.3 Å². The van der Waals surface area contributed by atoms with Gasteiger partial charge in [0.15, 0.2) is 5.82 Å². The van der Waals surface area contributed by atoms with Gasteiger partial charge in [0.2, 0.25) is 0 Å². The summed E-state index contributed by atoms with van der Waals surface area (Å²) in [6, 6.07) is 11.2. The normalized spacial score (nSPS) is 13.7. The van der Waals surface area contributed by atoms with Crippen molar-refractivity contribution in [1.82, 2.24) is 4.98 Å². The number of carbonyl (C=O) groups is 1. The maximum absolute atomic E-state index is 12.6. The van der Waals surface area contributed by atoms with Gasteiger partial charge in [-0.15, -0.1) is 0 Å². The van der Waals surface area contributed by atoms with Crippen LogP contribution in [-0.2, 0) is 0 Å². The van der Waals surface area contributed by atoms with Crippen molar-refractivity contribution >= 4 is 39.2 Å². The van der Waals surface area contributed by atoms with Gasteiger partial charge in [0.25, 0.3) is 0 Å². The SMILES string of the molecule is CCN1CCN(C(=O)Nc2ccccc2Br)c2cccnc21. The van der Waals surface area contributed by atoms with Crippen LogP contribution in [0.5, 0.6) is 0 Å². The topological polar surface area (TPSA) is 48.5 Å². The smallest absolute Gasteiger partial charge is 0.326 e. The van der Waals surface area contributed by atoms with Crippen LogP contribution in [0.15, 0.2) is 47.1 Å². The summed E-state index contributed by atoms with van der Waals surface area (Å²) < 4.78 is 0.863. The van der Waals surface area contributed by atoms with Crippen LogP contribution in [0.2, 0.25) is 0 Å². The van der Waals surface area contributed by atoms with Crippen LogP contribution < -0.4 is 15.1 Å². The number of likely N-dealkylation sites (N-methyl/N-ethyl adjacent to an activating group) is 1. The van der Waals surface area contributed by atoms with Gasteiger partial charge in [-0.25, -0.2) is 9.78 Å². The van der Waals surface area contributed by atoms with Crippen LogP contribution in [0, 0.1) is 0 Å². The van der Waals surface area contributed by atoms with E-state index in [0.717, 1.165) is 34.8 Å². The van der Waals surface area contributed by atoms with Crippen molar-refractivity contribution in [2.75, 3.05) is 34.8 Å². The Kier molecular flexibility index (Phi) is 4.29. The zero-order valence-electron chi connectivity index (χ0n) is 12.3. The Morgan fingerprint density at radius 3 is 2.86 bits per heavy atom. The second kappa shape index (κ2) is 6.36. The summed E-state index contributed by atoms with van der Waals surface area (Å²) in [6.07, 6.45) is 1.76. The number of urea groups is 1. The average molecular weight is 361 g/mol. The summed E-state index contributed by atoms with van der Waals surface area (Å²) in [4.78, 5) is 21.0. The monoisotopic (exact) mass is 360 g/mol. The predicted octanol–water partition coefficient (Wildman–Crippen LogP) is 3.72. The molecule has 0 spiro atoms. The van der Waals surface area contributed by atoms with Crippen molar-refractivity contribution in [3.63, 3.8) is 0 Å². The van der Waals surface area contributed by atoms with E-state index < -0.39 is 0 Å². The highest BCUT2D eigenvalue weighted by Crippen LogP contribution is 2.31. The summed E-state index contributed by atoms with van der Waals surface area (Å²) in [5, 5.41) is 2.95. The van der Waals surface area contributed by atoms with E-state index in [0.29, 0.717) is 6.54 Å². The molecule has 0 bridgehead atoms. The van der Waals surface area contributed by atoms with E-state index in [9.17, 15) is 4.79 Å². The molecule has 6 heteroatoms. The number of rotatable bonds is 2. The molecule has 3 rings (SSSR count). The lowest BCUT2D eigenvalue weighted by molar-refractivity contribution is 0.256. The summed E-state index contributed by atoms with van der Waals surface area (Å²) >= 11 is 3.45. The second-order valence-corrected chi connectivity index (χ2v) is 5.84. The Morgan fingerprint density at radius 2 is 2.09 bits per heavy atom. The Labute approximate surface area is 138 Å². The highest BCUT2D eigenvalue weighted by molar-refractivity contribution is 9.10. The molecule has 0 saturated carbocycles. The van der Waals surface area contributed by atoms with E-state index >= 15 is 0 Å². The Morgan fingerprint density at radius 1 is 1.27 bits per heavy atom. The van der Waals surface area contributed by atoms with Gasteiger partial charge in [0.05, 0.1) is 11.4 Å². The second-order valence-electron chi connectivity index (χ2n) is 4.99. The van der Waals surface area contributed by atoms with Crippen molar-refractivity contribution in [2.24, 2.45) is 0 Å². The van der Waals surface area contributed by atoms with Crippen LogP contribution in [0.1, 0.15) is 6.92 Å². The van der Waals surface area contributed by atoms with Crippen LogP contribution >= 0.6 is 15.9 Å². The van der Waals surface area contributed by atoms with E-state index in [1.807, 2.05) is 36.4 Å². The third-order valence-electron chi connectivity index (χ3n) is 3.69. The quantitative estimate of drug-likeness (QED) is 0.887. The van der Waals surface area contributed by atoms with Crippen molar-refractivity contribution in [3.8, 4) is 0 Å². The molecule has 0 atom stereocenters. The molecule has 1 aromatic heterocycles. The number of nitrogens with zero attached hydrogens (tertiary/aromatic N) is 3. The Balaban J connectivity index is 1.86. The molecule has 1 aromatic carbocycles. The maximum atomic E-state index is 12.6. The molecule has 1 aliphatic heterocycles. The number of para-hydroxylation sites is 1. The number of anilines is 3. The third-order valence-corrected chi connectivity index (χ3v) is 4.38. The van der Waals surface area contributed by atoms with Crippen LogP contribution in [-0.4, -0.2) is 30.6 Å². The first-order valence-electron chi connectivity index (χ1n) is 7.23. The molecule has 2 amide bonds. The first kappa shape index (κ1) is 14.8. The van der Waals surface area contributed by atoms with E-state index in [1.54, 1.807) is 11.1 Å². The fourth-order valence-corrected chi connectivity index (χ4v) is 2.94. The van der Waals surface area contributed by atoms with Crippen molar-refractivity contribution in [1.29, 1.82) is 0 Å². The van der Waals surface area contributed by atoms with E-state index in [-0.39, 0.29) is 6.03 Å². The number of benzene rings is 1.